The lowest BCUT2D eigenvalue weighted by molar-refractivity contribution is -0.121. The van der Waals surface area contributed by atoms with Gasteiger partial charge in [-0.25, -0.2) is 0 Å². The molecule has 0 bridgehead atoms. The Labute approximate surface area is 122 Å². The fraction of sp³-hybridized carbons (Fsp3) is 0.533. The van der Waals surface area contributed by atoms with Crippen LogP contribution in [0, 0.1) is 0 Å². The van der Waals surface area contributed by atoms with E-state index < -0.39 is 0 Å². The first-order valence-electron chi connectivity index (χ1n) is 6.65. The molecule has 0 aromatic heterocycles. The number of amides is 1. The molecule has 0 fully saturated rings. The second-order valence-corrected chi connectivity index (χ2v) is 4.90. The largest absolute Gasteiger partial charge is 0.352 e. The Balaban J connectivity index is 0.00000324. The third kappa shape index (κ3) is 6.08. The van der Waals surface area contributed by atoms with Crippen LogP contribution in [0.25, 0.3) is 0 Å². The maximum Gasteiger partial charge on any atom is 0.220 e. The van der Waals surface area contributed by atoms with Crippen LogP contribution in [0.15, 0.2) is 24.3 Å². The topological polar surface area (TPSA) is 55.1 Å². The van der Waals surface area contributed by atoms with E-state index in [0.29, 0.717) is 13.0 Å². The van der Waals surface area contributed by atoms with Crippen molar-refractivity contribution >= 4 is 18.3 Å². The van der Waals surface area contributed by atoms with Crippen LogP contribution in [-0.2, 0) is 11.2 Å². The van der Waals surface area contributed by atoms with Gasteiger partial charge in [-0.3, -0.25) is 4.79 Å². The van der Waals surface area contributed by atoms with Crippen LogP contribution in [0.3, 0.4) is 0 Å². The van der Waals surface area contributed by atoms with Crippen molar-refractivity contribution < 1.29 is 4.79 Å². The molecule has 1 amide bonds. The van der Waals surface area contributed by atoms with Crippen molar-refractivity contribution in [2.75, 3.05) is 6.54 Å². The minimum atomic E-state index is 0. The van der Waals surface area contributed by atoms with E-state index in [4.69, 9.17) is 5.73 Å². The quantitative estimate of drug-likeness (QED) is 0.844. The highest BCUT2D eigenvalue weighted by Gasteiger charge is 2.12. The number of carbonyl (C=O) groups is 1. The smallest absolute Gasteiger partial charge is 0.220 e. The van der Waals surface area contributed by atoms with Crippen molar-refractivity contribution in [3.05, 3.63) is 35.4 Å². The summed E-state index contributed by atoms with van der Waals surface area (Å²) in [6.07, 6.45) is 1.55. The van der Waals surface area contributed by atoms with Crippen LogP contribution in [0.5, 0.6) is 0 Å². The van der Waals surface area contributed by atoms with Gasteiger partial charge in [-0.15, -0.1) is 12.4 Å². The van der Waals surface area contributed by atoms with Gasteiger partial charge in [-0.2, -0.15) is 0 Å². The number of nitrogens with two attached hydrogens (primary N) is 1. The molecule has 0 aliphatic rings. The fourth-order valence-corrected chi connectivity index (χ4v) is 1.87. The maximum absolute atomic E-state index is 11.8. The Morgan fingerprint density at radius 3 is 2.32 bits per heavy atom. The van der Waals surface area contributed by atoms with Crippen molar-refractivity contribution in [3.8, 4) is 0 Å². The number of hydrogen-bond donors (Lipinski definition) is 2. The van der Waals surface area contributed by atoms with Crippen LogP contribution in [-0.4, -0.2) is 18.5 Å². The van der Waals surface area contributed by atoms with Gasteiger partial charge in [0, 0.05) is 19.0 Å². The molecule has 1 aromatic rings. The minimum absolute atomic E-state index is 0. The van der Waals surface area contributed by atoms with E-state index in [1.807, 2.05) is 6.92 Å². The summed E-state index contributed by atoms with van der Waals surface area (Å²) in [5.41, 5.74) is 8.02. The monoisotopic (exact) mass is 284 g/mol. The predicted octanol–water partition coefficient (Wildman–Crippen LogP) is 2.63. The molecule has 0 aliphatic heterocycles. The van der Waals surface area contributed by atoms with Crippen molar-refractivity contribution in [1.29, 1.82) is 0 Å². The predicted molar refractivity (Wildman–Crippen MR) is 82.8 cm³/mol. The Morgan fingerprint density at radius 1 is 1.26 bits per heavy atom. The highest BCUT2D eigenvalue weighted by atomic mass is 35.5. The van der Waals surface area contributed by atoms with E-state index in [2.05, 4.69) is 43.4 Å². The first-order valence-corrected chi connectivity index (χ1v) is 6.65. The molecule has 0 saturated heterocycles. The molecular weight excluding hydrogens is 260 g/mol. The molecule has 0 heterocycles. The lowest BCUT2D eigenvalue weighted by Gasteiger charge is -2.15. The molecular formula is C15H25ClN2O. The van der Waals surface area contributed by atoms with Crippen molar-refractivity contribution in [2.24, 2.45) is 5.73 Å². The number of rotatable bonds is 6. The Kier molecular flexibility index (Phi) is 8.44. The van der Waals surface area contributed by atoms with E-state index in [1.54, 1.807) is 0 Å². The van der Waals surface area contributed by atoms with E-state index in [-0.39, 0.29) is 30.3 Å². The number of aryl methyl sites for hydroxylation is 1. The zero-order valence-electron chi connectivity index (χ0n) is 12.0. The molecule has 0 radical (unpaired) electrons. The summed E-state index contributed by atoms with van der Waals surface area (Å²) in [6, 6.07) is 8.54. The number of hydrogen-bond acceptors (Lipinski definition) is 2. The Morgan fingerprint density at radius 2 is 1.84 bits per heavy atom. The second-order valence-electron chi connectivity index (χ2n) is 4.90. The molecule has 3 nitrogen and oxygen atoms in total. The van der Waals surface area contributed by atoms with Gasteiger partial charge in [-0.05, 0) is 30.4 Å². The standard InChI is InChI=1S/C15H24N2O.ClH/c1-4-13-5-7-14(8-6-13)11(2)9-15(18)17-12(3)10-16;/h5-8,11-12H,4,9-10,16H2,1-3H3,(H,17,18);1H/t11?,12-;/m0./s1. The normalized spacial score (nSPS) is 13.3. The van der Waals surface area contributed by atoms with Crippen LogP contribution in [0.1, 0.15) is 44.2 Å². The van der Waals surface area contributed by atoms with Gasteiger partial charge in [0.2, 0.25) is 5.91 Å². The Bertz CT molecular complexity index is 378. The molecule has 3 N–H and O–H groups in total. The lowest BCUT2D eigenvalue weighted by Crippen LogP contribution is -2.38. The summed E-state index contributed by atoms with van der Waals surface area (Å²) < 4.78 is 0. The van der Waals surface area contributed by atoms with Gasteiger partial charge in [0.25, 0.3) is 0 Å². The van der Waals surface area contributed by atoms with Crippen LogP contribution in [0.4, 0.5) is 0 Å². The van der Waals surface area contributed by atoms with Crippen LogP contribution in [0.2, 0.25) is 0 Å². The minimum Gasteiger partial charge on any atom is -0.352 e. The molecule has 0 saturated carbocycles. The van der Waals surface area contributed by atoms with Gasteiger partial charge in [-0.1, -0.05) is 38.1 Å². The zero-order chi connectivity index (χ0) is 13.5. The van der Waals surface area contributed by atoms with E-state index >= 15 is 0 Å². The highest BCUT2D eigenvalue weighted by molar-refractivity contribution is 5.85. The molecule has 1 aromatic carbocycles. The molecule has 108 valence electrons. The number of halogens is 1. The number of nitrogens with one attached hydrogen (secondary N) is 1. The molecule has 0 spiro atoms. The van der Waals surface area contributed by atoms with Crippen LogP contribution < -0.4 is 11.1 Å². The maximum atomic E-state index is 11.8. The Hall–Kier alpha value is -1.06. The van der Waals surface area contributed by atoms with Crippen molar-refractivity contribution in [2.45, 2.75) is 45.6 Å². The zero-order valence-corrected chi connectivity index (χ0v) is 12.8. The summed E-state index contributed by atoms with van der Waals surface area (Å²) in [6.45, 7) is 6.61. The summed E-state index contributed by atoms with van der Waals surface area (Å²) in [5.74, 6) is 0.306. The lowest BCUT2D eigenvalue weighted by atomic mass is 9.96. The van der Waals surface area contributed by atoms with E-state index in [9.17, 15) is 4.79 Å². The summed E-state index contributed by atoms with van der Waals surface area (Å²) in [4.78, 5) is 11.8. The third-order valence-corrected chi connectivity index (χ3v) is 3.21. The third-order valence-electron chi connectivity index (χ3n) is 3.21. The van der Waals surface area contributed by atoms with Gasteiger partial charge < -0.3 is 11.1 Å². The van der Waals surface area contributed by atoms with Gasteiger partial charge in [0.15, 0.2) is 0 Å². The molecule has 2 atom stereocenters. The summed E-state index contributed by atoms with van der Waals surface area (Å²) >= 11 is 0. The number of carbonyl (C=O) groups excluding carboxylic acids is 1. The average Bonchev–Trinajstić information content (AvgIpc) is 2.38. The highest BCUT2D eigenvalue weighted by Crippen LogP contribution is 2.19. The van der Waals surface area contributed by atoms with Crippen LogP contribution >= 0.6 is 12.4 Å². The van der Waals surface area contributed by atoms with Crippen molar-refractivity contribution in [1.82, 2.24) is 5.32 Å². The fourth-order valence-electron chi connectivity index (χ4n) is 1.87. The first kappa shape index (κ1) is 17.9. The SMILES string of the molecule is CCc1ccc(C(C)CC(=O)N[C@@H](C)CN)cc1.Cl. The molecule has 0 aliphatic carbocycles. The second kappa shape index (κ2) is 8.94. The van der Waals surface area contributed by atoms with Gasteiger partial charge in [0.1, 0.15) is 0 Å². The van der Waals surface area contributed by atoms with Gasteiger partial charge >= 0.3 is 0 Å². The first-order chi connectivity index (χ1) is 8.56. The van der Waals surface area contributed by atoms with Gasteiger partial charge in [0.05, 0.1) is 0 Å². The summed E-state index contributed by atoms with van der Waals surface area (Å²) in [5, 5.41) is 2.89. The molecule has 19 heavy (non-hydrogen) atoms. The van der Waals surface area contributed by atoms with Crippen molar-refractivity contribution in [3.63, 3.8) is 0 Å². The molecule has 1 rings (SSSR count). The molecule has 4 heteroatoms. The molecule has 1 unspecified atom stereocenters. The van der Waals surface area contributed by atoms with E-state index in [0.717, 1.165) is 6.42 Å². The summed E-state index contributed by atoms with van der Waals surface area (Å²) in [7, 11) is 0. The average molecular weight is 285 g/mol. The number of benzene rings is 1. The van der Waals surface area contributed by atoms with E-state index in [1.165, 1.54) is 11.1 Å².